The van der Waals surface area contributed by atoms with E-state index < -0.39 is 29.8 Å². The Kier molecular flexibility index (Phi) is 3.17. The Morgan fingerprint density at radius 3 is 2.68 bits per heavy atom. The minimum atomic E-state index is -1.49. The average Bonchev–Trinajstić information content (AvgIpc) is 2.51. The first-order valence-electron chi connectivity index (χ1n) is 6.58. The normalized spacial score (nSPS) is 13.4. The molecule has 98 valence electrons. The number of halogens is 1. The number of carbonyl (C=O) groups excluding carboxylic acids is 1. The molecule has 19 heavy (non-hydrogen) atoms. The number of ether oxygens (including phenoxy) is 1. The van der Waals surface area contributed by atoms with Gasteiger partial charge in [0.05, 0.1) is 15.4 Å². The lowest BCUT2D eigenvalue weighted by molar-refractivity contribution is 0.0744. The molecule has 4 heteroatoms. The molecule has 0 saturated heterocycles. The number of benzene rings is 2. The highest BCUT2D eigenvalue weighted by molar-refractivity contribution is 6.02. The number of ketones is 1. The molecule has 0 amide bonds. The van der Waals surface area contributed by atoms with Gasteiger partial charge in [-0.1, -0.05) is 30.3 Å². The van der Waals surface area contributed by atoms with Gasteiger partial charge in [0.15, 0.2) is 5.78 Å². The second kappa shape index (κ2) is 5.63. The lowest BCUT2D eigenvalue weighted by atomic mass is 9.99. The lowest BCUT2D eigenvalue weighted by Gasteiger charge is -2.12. The predicted octanol–water partition coefficient (Wildman–Crippen LogP) is 2.75. The Hall–Kier alpha value is -2.20. The van der Waals surface area contributed by atoms with Gasteiger partial charge < -0.3 is 9.84 Å². The third kappa shape index (κ3) is 2.80. The van der Waals surface area contributed by atoms with Crippen LogP contribution in [0.5, 0.6) is 5.75 Å². The van der Waals surface area contributed by atoms with Crippen molar-refractivity contribution in [3.05, 3.63) is 65.4 Å². The maximum atomic E-state index is 13.6. The monoisotopic (exact) mass is 262 g/mol. The molecule has 2 aromatic carbocycles. The van der Waals surface area contributed by atoms with Crippen molar-refractivity contribution in [2.45, 2.75) is 6.10 Å². The SMILES string of the molecule is [2H]c1c(F)cc(C(=O)C(O)c2ccccc2)c(OC)c1[2H]. The van der Waals surface area contributed by atoms with Gasteiger partial charge in [-0.05, 0) is 23.7 Å². The molecule has 0 heterocycles. The molecule has 1 unspecified atom stereocenters. The van der Waals surface area contributed by atoms with E-state index in [0.29, 0.717) is 5.56 Å². The fraction of sp³-hybridized carbons (Fsp3) is 0.133. The average molecular weight is 262 g/mol. The maximum absolute atomic E-state index is 13.6. The van der Waals surface area contributed by atoms with Crippen molar-refractivity contribution in [3.63, 3.8) is 0 Å². The Morgan fingerprint density at radius 2 is 2.05 bits per heavy atom. The second-order valence-corrected chi connectivity index (χ2v) is 3.87. The quantitative estimate of drug-likeness (QED) is 0.862. The highest BCUT2D eigenvalue weighted by atomic mass is 19.1. The van der Waals surface area contributed by atoms with E-state index in [1.165, 1.54) is 7.11 Å². The number of hydrogen-bond donors (Lipinski definition) is 1. The first kappa shape index (κ1) is 10.7. The van der Waals surface area contributed by atoms with E-state index >= 15 is 0 Å². The zero-order chi connectivity index (χ0) is 15.6. The highest BCUT2D eigenvalue weighted by Crippen LogP contribution is 2.25. The summed E-state index contributed by atoms with van der Waals surface area (Å²) in [7, 11) is 1.22. The summed E-state index contributed by atoms with van der Waals surface area (Å²) in [4.78, 5) is 12.3. The van der Waals surface area contributed by atoms with Crippen LogP contribution in [0, 0.1) is 5.82 Å². The molecule has 0 fully saturated rings. The summed E-state index contributed by atoms with van der Waals surface area (Å²) in [5.41, 5.74) is 0.0961. The number of Topliss-reactive ketones (excluding diaryl/α,β-unsaturated/α-hetero) is 1. The fourth-order valence-corrected chi connectivity index (χ4v) is 1.69. The van der Waals surface area contributed by atoms with Crippen LogP contribution in [-0.2, 0) is 0 Å². The van der Waals surface area contributed by atoms with Crippen LogP contribution in [0.2, 0.25) is 0 Å². The molecule has 1 atom stereocenters. The first-order chi connectivity index (χ1) is 9.97. The van der Waals surface area contributed by atoms with Gasteiger partial charge in [-0.2, -0.15) is 0 Å². The summed E-state index contributed by atoms with van der Waals surface area (Å²) in [6, 6.07) is 7.81. The van der Waals surface area contributed by atoms with E-state index in [2.05, 4.69) is 0 Å². The Morgan fingerprint density at radius 1 is 1.37 bits per heavy atom. The topological polar surface area (TPSA) is 46.5 Å². The summed E-state index contributed by atoms with van der Waals surface area (Å²) in [5.74, 6) is -2.02. The van der Waals surface area contributed by atoms with Crippen molar-refractivity contribution in [3.8, 4) is 5.75 Å². The number of methoxy groups -OCH3 is 1. The van der Waals surface area contributed by atoms with Gasteiger partial charge in [0, 0.05) is 0 Å². The van der Waals surface area contributed by atoms with Crippen LogP contribution in [0.15, 0.2) is 48.5 Å². The Bertz CT molecular complexity index is 674. The molecule has 0 saturated carbocycles. The minimum Gasteiger partial charge on any atom is -0.496 e. The van der Waals surface area contributed by atoms with Crippen LogP contribution in [-0.4, -0.2) is 18.0 Å². The number of aliphatic hydroxyl groups excluding tert-OH is 1. The predicted molar refractivity (Wildman–Crippen MR) is 68.7 cm³/mol. The van der Waals surface area contributed by atoms with Gasteiger partial charge in [-0.15, -0.1) is 0 Å². The van der Waals surface area contributed by atoms with Crippen LogP contribution >= 0.6 is 0 Å². The van der Waals surface area contributed by atoms with E-state index in [1.807, 2.05) is 0 Å². The molecule has 3 nitrogen and oxygen atoms in total. The molecular weight excluding hydrogens is 247 g/mol. The van der Waals surface area contributed by atoms with E-state index in [9.17, 15) is 14.3 Å². The number of carbonyl (C=O) groups is 1. The molecule has 0 bridgehead atoms. The molecule has 0 aliphatic carbocycles. The molecule has 0 aromatic heterocycles. The van der Waals surface area contributed by atoms with Crippen LogP contribution in [0.4, 0.5) is 4.39 Å². The van der Waals surface area contributed by atoms with Crippen molar-refractivity contribution in [2.24, 2.45) is 0 Å². The molecule has 0 aliphatic heterocycles. The second-order valence-electron chi connectivity index (χ2n) is 3.87. The van der Waals surface area contributed by atoms with Gasteiger partial charge in [0.25, 0.3) is 0 Å². The molecule has 1 N–H and O–H groups in total. The third-order valence-corrected chi connectivity index (χ3v) is 2.64. The van der Waals surface area contributed by atoms with Gasteiger partial charge in [-0.25, -0.2) is 4.39 Å². The zero-order valence-electron chi connectivity index (χ0n) is 12.2. The Labute approximate surface area is 113 Å². The smallest absolute Gasteiger partial charge is 0.199 e. The molecule has 0 radical (unpaired) electrons. The van der Waals surface area contributed by atoms with E-state index in [1.54, 1.807) is 30.3 Å². The van der Waals surface area contributed by atoms with E-state index in [4.69, 9.17) is 7.48 Å². The molecular formula is C15H13FO3. The Balaban J connectivity index is 2.49. The fourth-order valence-electron chi connectivity index (χ4n) is 1.69. The summed E-state index contributed by atoms with van der Waals surface area (Å²) >= 11 is 0. The van der Waals surface area contributed by atoms with Crippen molar-refractivity contribution in [1.29, 1.82) is 0 Å². The maximum Gasteiger partial charge on any atom is 0.199 e. The van der Waals surface area contributed by atoms with Crippen molar-refractivity contribution < 1.29 is 21.8 Å². The van der Waals surface area contributed by atoms with Crippen LogP contribution in [0.3, 0.4) is 0 Å². The molecule has 2 rings (SSSR count). The van der Waals surface area contributed by atoms with Crippen molar-refractivity contribution in [1.82, 2.24) is 0 Å². The summed E-state index contributed by atoms with van der Waals surface area (Å²) in [5, 5.41) is 10.1. The van der Waals surface area contributed by atoms with Gasteiger partial charge in [-0.3, -0.25) is 4.79 Å². The first-order valence-corrected chi connectivity index (χ1v) is 5.58. The largest absolute Gasteiger partial charge is 0.496 e. The van der Waals surface area contributed by atoms with Gasteiger partial charge >= 0.3 is 0 Å². The summed E-state index contributed by atoms with van der Waals surface area (Å²) in [6.07, 6.45) is -1.49. The van der Waals surface area contributed by atoms with Crippen LogP contribution in [0.1, 0.15) is 24.8 Å². The summed E-state index contributed by atoms with van der Waals surface area (Å²) < 4.78 is 33.5. The molecule has 0 aliphatic rings. The van der Waals surface area contributed by atoms with Gasteiger partial charge in [0.2, 0.25) is 0 Å². The molecule has 0 spiro atoms. The van der Waals surface area contributed by atoms with E-state index in [-0.39, 0.29) is 11.3 Å². The van der Waals surface area contributed by atoms with Crippen molar-refractivity contribution >= 4 is 5.78 Å². The van der Waals surface area contributed by atoms with Crippen LogP contribution in [0.25, 0.3) is 0 Å². The summed E-state index contributed by atoms with van der Waals surface area (Å²) in [6.45, 7) is 0. The van der Waals surface area contributed by atoms with Gasteiger partial charge in [0.1, 0.15) is 17.7 Å². The number of hydrogen-bond acceptors (Lipinski definition) is 3. The number of rotatable bonds is 4. The lowest BCUT2D eigenvalue weighted by Crippen LogP contribution is -2.13. The third-order valence-electron chi connectivity index (χ3n) is 2.64. The standard InChI is InChI=1S/C15H13FO3/c1-19-13-8-7-11(16)9-12(13)15(18)14(17)10-5-3-2-4-6-10/h2-9,14,17H,1H3/i7D,8D. The van der Waals surface area contributed by atoms with E-state index in [0.717, 1.165) is 6.07 Å². The minimum absolute atomic E-state index is 0.221. The van der Waals surface area contributed by atoms with Crippen LogP contribution < -0.4 is 4.74 Å². The highest BCUT2D eigenvalue weighted by Gasteiger charge is 2.22. The zero-order valence-corrected chi connectivity index (χ0v) is 10.2. The molecule has 2 aromatic rings. The van der Waals surface area contributed by atoms with Crippen molar-refractivity contribution in [2.75, 3.05) is 7.11 Å². The number of aliphatic hydroxyl groups is 1.